The molecule has 0 atom stereocenters. The monoisotopic (exact) mass is 484 g/mol. The summed E-state index contributed by atoms with van der Waals surface area (Å²) >= 11 is 2.28. The molecule has 0 amide bonds. The molecule has 2 aromatic heterocycles. The number of rotatable bonds is 7. The van der Waals surface area contributed by atoms with E-state index < -0.39 is 29.9 Å². The molecular formula is C20H16F4N4O2S2. The Hall–Kier alpha value is -2.73. The van der Waals surface area contributed by atoms with Gasteiger partial charge in [0.25, 0.3) is 12.9 Å². The molecule has 0 aliphatic carbocycles. The standard InChI is InChI=1S/C20H16F4N4O2S2/c1-30-18(29)10-5-4-9(14-12(16(21)22)7-25-19(27-14)31-2)6-11(10)15-13(17(23)24)8-26-20(28-15)32-3/h4-8,16-17H,1-3H3. The van der Waals surface area contributed by atoms with Gasteiger partial charge in [0.15, 0.2) is 10.3 Å². The molecule has 0 saturated heterocycles. The second-order valence-electron chi connectivity index (χ2n) is 6.17. The van der Waals surface area contributed by atoms with Gasteiger partial charge in [0.05, 0.1) is 35.2 Å². The summed E-state index contributed by atoms with van der Waals surface area (Å²) in [6.45, 7) is 0. The van der Waals surface area contributed by atoms with Crippen molar-refractivity contribution in [1.82, 2.24) is 19.9 Å². The fraction of sp³-hybridized carbons (Fsp3) is 0.250. The first kappa shape index (κ1) is 23.9. The van der Waals surface area contributed by atoms with E-state index >= 15 is 0 Å². The van der Waals surface area contributed by atoms with E-state index in [-0.39, 0.29) is 38.4 Å². The molecule has 0 unspecified atom stereocenters. The van der Waals surface area contributed by atoms with Gasteiger partial charge < -0.3 is 4.74 Å². The number of halogens is 4. The van der Waals surface area contributed by atoms with Gasteiger partial charge in [-0.1, -0.05) is 29.6 Å². The number of alkyl halides is 4. The molecule has 32 heavy (non-hydrogen) atoms. The lowest BCUT2D eigenvalue weighted by Gasteiger charge is -2.15. The summed E-state index contributed by atoms with van der Waals surface area (Å²) in [6.07, 6.45) is -0.454. The number of methoxy groups -OCH3 is 1. The highest BCUT2D eigenvalue weighted by atomic mass is 32.2. The minimum absolute atomic E-state index is 0.00752. The molecule has 168 valence electrons. The number of benzene rings is 1. The van der Waals surface area contributed by atoms with Crippen molar-refractivity contribution in [2.24, 2.45) is 0 Å². The Bertz CT molecular complexity index is 1150. The van der Waals surface area contributed by atoms with E-state index in [1.807, 2.05) is 0 Å². The number of aromatic nitrogens is 4. The van der Waals surface area contributed by atoms with E-state index in [2.05, 4.69) is 19.9 Å². The number of thioether (sulfide) groups is 2. The first-order valence-corrected chi connectivity index (χ1v) is 11.4. The van der Waals surface area contributed by atoms with Crippen LogP contribution in [-0.4, -0.2) is 45.5 Å². The Kier molecular flexibility index (Phi) is 7.67. The quantitative estimate of drug-likeness (QED) is 0.183. The van der Waals surface area contributed by atoms with Crippen molar-refractivity contribution in [2.45, 2.75) is 23.2 Å². The molecule has 0 spiro atoms. The fourth-order valence-corrected chi connectivity index (χ4v) is 3.57. The van der Waals surface area contributed by atoms with Crippen LogP contribution < -0.4 is 0 Å². The number of carbonyl (C=O) groups excluding carboxylic acids is 1. The summed E-state index contributed by atoms with van der Waals surface area (Å²) in [6, 6.07) is 4.03. The molecule has 0 radical (unpaired) electrons. The van der Waals surface area contributed by atoms with Gasteiger partial charge in [0, 0.05) is 23.5 Å². The third-order valence-corrected chi connectivity index (χ3v) is 5.50. The van der Waals surface area contributed by atoms with Gasteiger partial charge in [-0.15, -0.1) is 0 Å². The Morgan fingerprint density at radius 2 is 1.44 bits per heavy atom. The lowest BCUT2D eigenvalue weighted by Crippen LogP contribution is -2.07. The third kappa shape index (κ3) is 4.85. The summed E-state index contributed by atoms with van der Waals surface area (Å²) in [4.78, 5) is 28.5. The minimum atomic E-state index is -2.94. The van der Waals surface area contributed by atoms with Gasteiger partial charge in [-0.2, -0.15) is 0 Å². The summed E-state index contributed by atoms with van der Waals surface area (Å²) in [5.74, 6) is -0.794. The molecule has 0 aliphatic heterocycles. The SMILES string of the molecule is COC(=O)c1ccc(-c2nc(SC)ncc2C(F)F)cc1-c1nc(SC)ncc1C(F)F. The molecule has 3 rings (SSSR count). The Morgan fingerprint density at radius 3 is 1.94 bits per heavy atom. The Morgan fingerprint density at radius 1 is 0.906 bits per heavy atom. The lowest BCUT2D eigenvalue weighted by molar-refractivity contribution is 0.0601. The Labute approximate surface area is 189 Å². The van der Waals surface area contributed by atoms with Gasteiger partial charge in [-0.05, 0) is 24.6 Å². The normalized spacial score (nSPS) is 11.3. The van der Waals surface area contributed by atoms with E-state index in [1.165, 1.54) is 18.2 Å². The van der Waals surface area contributed by atoms with Gasteiger partial charge in [-0.3, -0.25) is 0 Å². The maximum absolute atomic E-state index is 13.7. The van der Waals surface area contributed by atoms with Crippen LogP contribution in [0.25, 0.3) is 22.5 Å². The molecule has 0 fully saturated rings. The van der Waals surface area contributed by atoms with Crippen molar-refractivity contribution in [2.75, 3.05) is 19.6 Å². The zero-order valence-electron chi connectivity index (χ0n) is 17.0. The van der Waals surface area contributed by atoms with E-state index in [0.29, 0.717) is 0 Å². The van der Waals surface area contributed by atoms with Crippen LogP contribution in [0.1, 0.15) is 34.3 Å². The summed E-state index contributed by atoms with van der Waals surface area (Å²) in [5, 5.41) is 0.452. The number of hydrogen-bond acceptors (Lipinski definition) is 8. The molecule has 12 heteroatoms. The zero-order valence-corrected chi connectivity index (χ0v) is 18.6. The first-order chi connectivity index (χ1) is 15.3. The molecule has 2 heterocycles. The minimum Gasteiger partial charge on any atom is -0.465 e. The average molecular weight is 485 g/mol. The maximum atomic E-state index is 13.7. The third-order valence-electron chi connectivity index (χ3n) is 4.38. The second kappa shape index (κ2) is 10.3. The maximum Gasteiger partial charge on any atom is 0.338 e. The van der Waals surface area contributed by atoms with E-state index in [1.54, 1.807) is 12.5 Å². The predicted octanol–water partition coefficient (Wildman–Crippen LogP) is 5.71. The number of hydrogen-bond donors (Lipinski definition) is 0. The topological polar surface area (TPSA) is 77.9 Å². The fourth-order valence-electron chi connectivity index (χ4n) is 2.89. The van der Waals surface area contributed by atoms with Crippen LogP contribution in [0, 0.1) is 0 Å². The largest absolute Gasteiger partial charge is 0.465 e. The van der Waals surface area contributed by atoms with Crippen molar-refractivity contribution >= 4 is 29.5 Å². The first-order valence-electron chi connectivity index (χ1n) is 8.91. The lowest BCUT2D eigenvalue weighted by atomic mass is 9.96. The molecule has 0 saturated carbocycles. The average Bonchev–Trinajstić information content (AvgIpc) is 2.82. The van der Waals surface area contributed by atoms with Crippen molar-refractivity contribution in [3.8, 4) is 22.5 Å². The van der Waals surface area contributed by atoms with Crippen LogP contribution >= 0.6 is 23.5 Å². The molecule has 0 aliphatic rings. The zero-order chi connectivity index (χ0) is 23.4. The highest BCUT2D eigenvalue weighted by molar-refractivity contribution is 7.98. The van der Waals surface area contributed by atoms with Crippen LogP contribution in [0.15, 0.2) is 40.9 Å². The van der Waals surface area contributed by atoms with Crippen molar-refractivity contribution < 1.29 is 27.1 Å². The molecule has 0 bridgehead atoms. The van der Waals surface area contributed by atoms with Crippen LogP contribution in [0.3, 0.4) is 0 Å². The second-order valence-corrected chi connectivity index (χ2v) is 7.72. The summed E-state index contributed by atoms with van der Waals surface area (Å²) in [7, 11) is 1.14. The predicted molar refractivity (Wildman–Crippen MR) is 113 cm³/mol. The molecule has 3 aromatic rings. The molecular weight excluding hydrogens is 468 g/mol. The van der Waals surface area contributed by atoms with Gasteiger partial charge in [0.2, 0.25) is 0 Å². The van der Waals surface area contributed by atoms with Crippen LogP contribution in [0.2, 0.25) is 0 Å². The van der Waals surface area contributed by atoms with Crippen molar-refractivity contribution in [3.05, 3.63) is 47.3 Å². The number of esters is 1. The van der Waals surface area contributed by atoms with Gasteiger partial charge in [0.1, 0.15) is 0 Å². The van der Waals surface area contributed by atoms with Crippen LogP contribution in [0.5, 0.6) is 0 Å². The van der Waals surface area contributed by atoms with E-state index in [4.69, 9.17) is 4.74 Å². The van der Waals surface area contributed by atoms with Crippen molar-refractivity contribution in [1.29, 1.82) is 0 Å². The van der Waals surface area contributed by atoms with Gasteiger partial charge >= 0.3 is 5.97 Å². The van der Waals surface area contributed by atoms with E-state index in [9.17, 15) is 22.4 Å². The Balaban J connectivity index is 2.34. The number of nitrogens with zero attached hydrogens (tertiary/aromatic N) is 4. The highest BCUT2D eigenvalue weighted by Crippen LogP contribution is 2.37. The van der Waals surface area contributed by atoms with Crippen LogP contribution in [-0.2, 0) is 4.74 Å². The molecule has 6 nitrogen and oxygen atoms in total. The summed E-state index contributed by atoms with van der Waals surface area (Å²) in [5.41, 5.74) is -1.08. The molecule has 1 aromatic carbocycles. The molecule has 0 N–H and O–H groups in total. The van der Waals surface area contributed by atoms with Crippen LogP contribution in [0.4, 0.5) is 17.6 Å². The number of carbonyl (C=O) groups is 1. The van der Waals surface area contributed by atoms with Gasteiger partial charge in [-0.25, -0.2) is 42.3 Å². The van der Waals surface area contributed by atoms with Crippen molar-refractivity contribution in [3.63, 3.8) is 0 Å². The van der Waals surface area contributed by atoms with E-state index in [0.717, 1.165) is 43.0 Å². The summed E-state index contributed by atoms with van der Waals surface area (Å²) < 4.78 is 59.5. The smallest absolute Gasteiger partial charge is 0.338 e. The highest BCUT2D eigenvalue weighted by Gasteiger charge is 2.25. The number of ether oxygens (including phenoxy) is 1.